The van der Waals surface area contributed by atoms with Crippen molar-refractivity contribution in [3.63, 3.8) is 0 Å². The van der Waals surface area contributed by atoms with Crippen LogP contribution < -0.4 is 0 Å². The van der Waals surface area contributed by atoms with Crippen molar-refractivity contribution in [3.8, 4) is 0 Å². The summed E-state index contributed by atoms with van der Waals surface area (Å²) >= 11 is 0. The number of hydrogen-bond acceptors (Lipinski definition) is 9. The number of hydrogen-bond donors (Lipinski definition) is 6. The Labute approximate surface area is 172 Å². The van der Waals surface area contributed by atoms with Gasteiger partial charge in [-0.2, -0.15) is 0 Å². The Hall–Kier alpha value is -0.360. The van der Waals surface area contributed by atoms with Gasteiger partial charge in [0.2, 0.25) is 0 Å². The smallest absolute Gasteiger partial charge is 0.184 e. The molecule has 0 aliphatic carbocycles. The molecule has 9 nitrogen and oxygen atoms in total. The summed E-state index contributed by atoms with van der Waals surface area (Å²) in [6.07, 6.45) is -8.36. The SMILES string of the molecule is CCC(C)C1O[C@@H](CO)C(O)C(O)C1OC1OC(CO)C(O)C(C(C)CC)C1O. The number of ether oxygens (including phenoxy) is 3. The molecule has 2 aliphatic heterocycles. The first-order valence-corrected chi connectivity index (χ1v) is 10.6. The van der Waals surface area contributed by atoms with E-state index in [0.717, 1.165) is 0 Å². The van der Waals surface area contributed by atoms with E-state index in [1.807, 2.05) is 27.7 Å². The summed E-state index contributed by atoms with van der Waals surface area (Å²) in [7, 11) is 0. The van der Waals surface area contributed by atoms with Crippen LogP contribution in [0.15, 0.2) is 0 Å². The van der Waals surface area contributed by atoms with Crippen LogP contribution in [-0.2, 0) is 14.2 Å². The molecule has 2 rings (SSSR count). The van der Waals surface area contributed by atoms with E-state index in [1.54, 1.807) is 0 Å². The lowest BCUT2D eigenvalue weighted by atomic mass is 9.78. The third kappa shape index (κ3) is 5.11. The third-order valence-electron chi connectivity index (χ3n) is 6.64. The molecule has 0 aromatic carbocycles. The molecule has 172 valence electrons. The first kappa shape index (κ1) is 24.9. The van der Waals surface area contributed by atoms with Gasteiger partial charge in [-0.15, -0.1) is 0 Å². The molecule has 0 radical (unpaired) electrons. The van der Waals surface area contributed by atoms with Gasteiger partial charge >= 0.3 is 0 Å². The molecule has 0 spiro atoms. The highest BCUT2D eigenvalue weighted by molar-refractivity contribution is 4.97. The lowest BCUT2D eigenvalue weighted by molar-refractivity contribution is -0.342. The molecule has 6 N–H and O–H groups in total. The maximum Gasteiger partial charge on any atom is 0.184 e. The highest BCUT2D eigenvalue weighted by Crippen LogP contribution is 2.36. The summed E-state index contributed by atoms with van der Waals surface area (Å²) in [6, 6.07) is 0. The van der Waals surface area contributed by atoms with Crippen LogP contribution in [0, 0.1) is 17.8 Å². The molecule has 0 saturated carbocycles. The fourth-order valence-electron chi connectivity index (χ4n) is 4.30. The minimum absolute atomic E-state index is 0.0636. The summed E-state index contributed by atoms with van der Waals surface area (Å²) in [4.78, 5) is 0. The highest BCUT2D eigenvalue weighted by Gasteiger charge is 2.52. The minimum atomic E-state index is -1.37. The molecule has 2 fully saturated rings. The minimum Gasteiger partial charge on any atom is -0.394 e. The molecule has 2 saturated heterocycles. The number of aliphatic hydroxyl groups is 6. The third-order valence-corrected chi connectivity index (χ3v) is 6.64. The van der Waals surface area contributed by atoms with Crippen LogP contribution in [0.5, 0.6) is 0 Å². The van der Waals surface area contributed by atoms with Gasteiger partial charge in [0.25, 0.3) is 0 Å². The van der Waals surface area contributed by atoms with E-state index in [-0.39, 0.29) is 11.8 Å². The standard InChI is InChI=1S/C20H38O9/c1-5-9(3)13-14(23)11(7-21)28-20(16(13)25)29-19-17(26)15(24)12(8-22)27-18(19)10(4)6-2/h9-26H,5-8H2,1-4H3/t9?,10?,11?,12-,13?,14?,15?,16?,17?,18?,19?,20?/m0/s1. The number of aliphatic hydroxyl groups excluding tert-OH is 6. The quantitative estimate of drug-likeness (QED) is 0.290. The van der Waals surface area contributed by atoms with Crippen LogP contribution in [-0.4, -0.2) is 99.0 Å². The first-order valence-electron chi connectivity index (χ1n) is 10.6. The fourth-order valence-corrected chi connectivity index (χ4v) is 4.30. The van der Waals surface area contributed by atoms with Gasteiger partial charge in [-0.3, -0.25) is 0 Å². The van der Waals surface area contributed by atoms with Crippen LogP contribution in [0.25, 0.3) is 0 Å². The van der Waals surface area contributed by atoms with Crippen LogP contribution in [0.3, 0.4) is 0 Å². The zero-order valence-corrected chi connectivity index (χ0v) is 17.7. The molecular weight excluding hydrogens is 384 g/mol. The molecule has 0 amide bonds. The van der Waals surface area contributed by atoms with E-state index in [9.17, 15) is 30.6 Å². The Morgan fingerprint density at radius 3 is 1.83 bits per heavy atom. The zero-order chi connectivity index (χ0) is 21.9. The molecule has 0 bridgehead atoms. The number of rotatable bonds is 8. The summed E-state index contributed by atoms with van der Waals surface area (Å²) in [6.45, 7) is 6.78. The van der Waals surface area contributed by atoms with Gasteiger partial charge in [-0.1, -0.05) is 40.5 Å². The molecule has 2 aliphatic rings. The van der Waals surface area contributed by atoms with Gasteiger partial charge in [0.05, 0.1) is 25.4 Å². The van der Waals surface area contributed by atoms with E-state index < -0.39 is 74.3 Å². The Bertz CT molecular complexity index is 493. The Morgan fingerprint density at radius 1 is 0.759 bits per heavy atom. The van der Waals surface area contributed by atoms with Crippen LogP contribution in [0.4, 0.5) is 0 Å². The van der Waals surface area contributed by atoms with Crippen molar-refractivity contribution in [1.29, 1.82) is 0 Å². The van der Waals surface area contributed by atoms with Crippen LogP contribution in [0.1, 0.15) is 40.5 Å². The van der Waals surface area contributed by atoms with Crippen LogP contribution >= 0.6 is 0 Å². The molecular formula is C20H38O9. The Morgan fingerprint density at radius 2 is 1.31 bits per heavy atom. The van der Waals surface area contributed by atoms with Gasteiger partial charge in [-0.05, 0) is 11.8 Å². The van der Waals surface area contributed by atoms with Crippen molar-refractivity contribution >= 4 is 0 Å². The molecule has 12 atom stereocenters. The molecule has 0 aromatic heterocycles. The van der Waals surface area contributed by atoms with Crippen molar-refractivity contribution in [2.24, 2.45) is 17.8 Å². The zero-order valence-electron chi connectivity index (χ0n) is 17.7. The average molecular weight is 423 g/mol. The van der Waals surface area contributed by atoms with Crippen molar-refractivity contribution < 1.29 is 44.8 Å². The second kappa shape index (κ2) is 10.8. The van der Waals surface area contributed by atoms with E-state index >= 15 is 0 Å². The van der Waals surface area contributed by atoms with Crippen LogP contribution in [0.2, 0.25) is 0 Å². The lowest BCUT2D eigenvalue weighted by Crippen LogP contribution is -2.64. The second-order valence-electron chi connectivity index (χ2n) is 8.46. The van der Waals surface area contributed by atoms with Gasteiger partial charge in [0.15, 0.2) is 6.29 Å². The Balaban J connectivity index is 2.27. The summed E-state index contributed by atoms with van der Waals surface area (Å²) in [5, 5.41) is 61.4. The van der Waals surface area contributed by atoms with Crippen molar-refractivity contribution in [1.82, 2.24) is 0 Å². The van der Waals surface area contributed by atoms with E-state index in [4.69, 9.17) is 14.2 Å². The normalized spacial score (nSPS) is 45.7. The topological polar surface area (TPSA) is 149 Å². The van der Waals surface area contributed by atoms with Gasteiger partial charge in [0, 0.05) is 5.92 Å². The predicted octanol–water partition coefficient (Wildman–Crippen LogP) is -0.999. The average Bonchev–Trinajstić information content (AvgIpc) is 2.72. The van der Waals surface area contributed by atoms with E-state index in [1.165, 1.54) is 0 Å². The second-order valence-corrected chi connectivity index (χ2v) is 8.46. The predicted molar refractivity (Wildman–Crippen MR) is 103 cm³/mol. The molecule has 0 aromatic rings. The maximum absolute atomic E-state index is 10.9. The highest BCUT2D eigenvalue weighted by atomic mass is 16.7. The van der Waals surface area contributed by atoms with Gasteiger partial charge in [0.1, 0.15) is 36.6 Å². The molecule has 29 heavy (non-hydrogen) atoms. The summed E-state index contributed by atoms with van der Waals surface area (Å²) in [5.41, 5.74) is 0. The van der Waals surface area contributed by atoms with Crippen molar-refractivity contribution in [2.75, 3.05) is 13.2 Å². The molecule has 9 heteroatoms. The fraction of sp³-hybridized carbons (Fsp3) is 1.00. The first-order chi connectivity index (χ1) is 13.7. The summed E-state index contributed by atoms with van der Waals surface area (Å²) < 4.78 is 17.4. The molecule has 11 unspecified atom stereocenters. The van der Waals surface area contributed by atoms with Gasteiger partial charge < -0.3 is 44.8 Å². The Kier molecular flexibility index (Phi) is 9.27. The van der Waals surface area contributed by atoms with E-state index in [0.29, 0.717) is 12.8 Å². The summed E-state index contributed by atoms with van der Waals surface area (Å²) in [5.74, 6) is -0.720. The lowest BCUT2D eigenvalue weighted by Gasteiger charge is -2.49. The van der Waals surface area contributed by atoms with E-state index in [2.05, 4.69) is 0 Å². The maximum atomic E-state index is 10.9. The monoisotopic (exact) mass is 422 g/mol. The molecule has 2 heterocycles. The van der Waals surface area contributed by atoms with Crippen molar-refractivity contribution in [3.05, 3.63) is 0 Å². The largest absolute Gasteiger partial charge is 0.394 e. The van der Waals surface area contributed by atoms with Gasteiger partial charge in [-0.25, -0.2) is 0 Å². The van der Waals surface area contributed by atoms with Crippen molar-refractivity contribution in [2.45, 2.75) is 95.7 Å².